The Balaban J connectivity index is 2.09. The summed E-state index contributed by atoms with van der Waals surface area (Å²) in [6, 6.07) is 12.6. The van der Waals surface area contributed by atoms with E-state index in [2.05, 4.69) is 5.32 Å². The summed E-state index contributed by atoms with van der Waals surface area (Å²) in [5.41, 5.74) is 1.33. The van der Waals surface area contributed by atoms with Gasteiger partial charge in [-0.15, -0.1) is 0 Å². The molecule has 1 N–H and O–H groups in total. The first-order valence-corrected chi connectivity index (χ1v) is 6.81. The van der Waals surface area contributed by atoms with E-state index in [9.17, 15) is 4.79 Å². The van der Waals surface area contributed by atoms with E-state index < -0.39 is 0 Å². The van der Waals surface area contributed by atoms with Crippen molar-refractivity contribution in [3.63, 3.8) is 0 Å². The monoisotopic (exact) mass is 301 g/mol. The predicted molar refractivity (Wildman–Crippen MR) is 85.4 cm³/mol. The standard InChI is InChI=1S/C17H19NO4/c1-20-15-7-5-4-6-13(15)18-11-14(19)12-8-9-16(21-2)17(10-12)22-3/h4-10,18H,11H2,1-3H3. The summed E-state index contributed by atoms with van der Waals surface area (Å²) in [5.74, 6) is 1.77. The molecule has 0 saturated carbocycles. The number of para-hydroxylation sites is 2. The minimum atomic E-state index is -0.0492. The number of hydrogen-bond acceptors (Lipinski definition) is 5. The van der Waals surface area contributed by atoms with Gasteiger partial charge in [-0.3, -0.25) is 4.79 Å². The van der Waals surface area contributed by atoms with E-state index in [1.54, 1.807) is 39.5 Å². The summed E-state index contributed by atoms with van der Waals surface area (Å²) in [7, 11) is 4.69. The molecular formula is C17H19NO4. The van der Waals surface area contributed by atoms with Crippen molar-refractivity contribution in [1.29, 1.82) is 0 Å². The maximum atomic E-state index is 12.3. The zero-order valence-corrected chi connectivity index (χ0v) is 12.9. The Bertz CT molecular complexity index is 655. The third-order valence-corrected chi connectivity index (χ3v) is 3.25. The van der Waals surface area contributed by atoms with Crippen LogP contribution in [0.4, 0.5) is 5.69 Å². The summed E-state index contributed by atoms with van der Waals surface area (Å²) in [5, 5.41) is 3.08. The lowest BCUT2D eigenvalue weighted by molar-refractivity contribution is 0.101. The number of rotatable bonds is 7. The van der Waals surface area contributed by atoms with Gasteiger partial charge in [-0.2, -0.15) is 0 Å². The maximum absolute atomic E-state index is 12.3. The largest absolute Gasteiger partial charge is 0.495 e. The van der Waals surface area contributed by atoms with Crippen LogP contribution in [0.25, 0.3) is 0 Å². The number of nitrogens with one attached hydrogen (secondary N) is 1. The molecule has 0 aliphatic heterocycles. The summed E-state index contributed by atoms with van der Waals surface area (Å²) >= 11 is 0. The fraction of sp³-hybridized carbons (Fsp3) is 0.235. The van der Waals surface area contributed by atoms with Gasteiger partial charge in [0, 0.05) is 5.56 Å². The fourth-order valence-electron chi connectivity index (χ4n) is 2.08. The van der Waals surface area contributed by atoms with Crippen molar-refractivity contribution in [2.45, 2.75) is 0 Å². The molecule has 0 aliphatic carbocycles. The van der Waals surface area contributed by atoms with Crippen LogP contribution in [0.5, 0.6) is 17.2 Å². The second kappa shape index (κ2) is 7.36. The molecule has 0 saturated heterocycles. The molecule has 2 rings (SSSR count). The number of hydrogen-bond donors (Lipinski definition) is 1. The van der Waals surface area contributed by atoms with Crippen molar-refractivity contribution in [3.05, 3.63) is 48.0 Å². The second-order valence-electron chi connectivity index (χ2n) is 4.55. The maximum Gasteiger partial charge on any atom is 0.181 e. The lowest BCUT2D eigenvalue weighted by Gasteiger charge is -2.11. The van der Waals surface area contributed by atoms with Crippen LogP contribution in [0.3, 0.4) is 0 Å². The molecule has 0 radical (unpaired) electrons. The number of Topliss-reactive ketones (excluding diaryl/α,β-unsaturated/α-hetero) is 1. The number of ketones is 1. The Hall–Kier alpha value is -2.69. The topological polar surface area (TPSA) is 56.8 Å². The van der Waals surface area contributed by atoms with Crippen molar-refractivity contribution in [1.82, 2.24) is 0 Å². The number of benzene rings is 2. The van der Waals surface area contributed by atoms with Crippen LogP contribution < -0.4 is 19.5 Å². The van der Waals surface area contributed by atoms with Gasteiger partial charge in [0.2, 0.25) is 0 Å². The van der Waals surface area contributed by atoms with E-state index in [-0.39, 0.29) is 12.3 Å². The summed E-state index contributed by atoms with van der Waals surface area (Å²) in [4.78, 5) is 12.3. The number of carbonyl (C=O) groups is 1. The summed E-state index contributed by atoms with van der Waals surface area (Å²) in [6.45, 7) is 0.163. The molecule has 5 heteroatoms. The Labute approximate surface area is 129 Å². The number of methoxy groups -OCH3 is 3. The van der Waals surface area contributed by atoms with Gasteiger partial charge in [0.15, 0.2) is 17.3 Å². The highest BCUT2D eigenvalue weighted by Gasteiger charge is 2.11. The highest BCUT2D eigenvalue weighted by Crippen LogP contribution is 2.28. The van der Waals surface area contributed by atoms with Crippen LogP contribution >= 0.6 is 0 Å². The Morgan fingerprint density at radius 1 is 0.909 bits per heavy atom. The zero-order chi connectivity index (χ0) is 15.9. The fourth-order valence-corrected chi connectivity index (χ4v) is 2.08. The van der Waals surface area contributed by atoms with Gasteiger partial charge in [-0.05, 0) is 30.3 Å². The zero-order valence-electron chi connectivity index (χ0n) is 12.9. The van der Waals surface area contributed by atoms with Gasteiger partial charge in [-0.25, -0.2) is 0 Å². The first-order chi connectivity index (χ1) is 10.7. The molecule has 116 valence electrons. The van der Waals surface area contributed by atoms with E-state index in [0.29, 0.717) is 22.8 Å². The predicted octanol–water partition coefficient (Wildman–Crippen LogP) is 3.01. The normalized spacial score (nSPS) is 9.95. The van der Waals surface area contributed by atoms with Crippen molar-refractivity contribution in [2.24, 2.45) is 0 Å². The third-order valence-electron chi connectivity index (χ3n) is 3.25. The van der Waals surface area contributed by atoms with Crippen LogP contribution in [0.2, 0.25) is 0 Å². The molecule has 0 aliphatic rings. The number of anilines is 1. The average molecular weight is 301 g/mol. The van der Waals surface area contributed by atoms with E-state index >= 15 is 0 Å². The van der Waals surface area contributed by atoms with Gasteiger partial charge < -0.3 is 19.5 Å². The van der Waals surface area contributed by atoms with E-state index in [1.807, 2.05) is 24.3 Å². The lowest BCUT2D eigenvalue weighted by Crippen LogP contribution is -2.14. The molecule has 2 aromatic carbocycles. The van der Waals surface area contributed by atoms with Crippen LogP contribution in [0.15, 0.2) is 42.5 Å². The van der Waals surface area contributed by atoms with Gasteiger partial charge in [0.1, 0.15) is 5.75 Å². The van der Waals surface area contributed by atoms with Gasteiger partial charge in [0.05, 0.1) is 33.6 Å². The van der Waals surface area contributed by atoms with E-state index in [1.165, 1.54) is 0 Å². The lowest BCUT2D eigenvalue weighted by atomic mass is 10.1. The highest BCUT2D eigenvalue weighted by atomic mass is 16.5. The van der Waals surface area contributed by atoms with Crippen LogP contribution in [0.1, 0.15) is 10.4 Å². The molecule has 0 heterocycles. The minimum absolute atomic E-state index is 0.0492. The molecule has 0 bridgehead atoms. The van der Waals surface area contributed by atoms with Crippen molar-refractivity contribution in [3.8, 4) is 17.2 Å². The van der Waals surface area contributed by atoms with Crippen molar-refractivity contribution < 1.29 is 19.0 Å². The minimum Gasteiger partial charge on any atom is -0.495 e. The first kappa shape index (κ1) is 15.7. The SMILES string of the molecule is COc1ccccc1NCC(=O)c1ccc(OC)c(OC)c1. The van der Waals surface area contributed by atoms with Crippen LogP contribution in [-0.4, -0.2) is 33.7 Å². The molecule has 0 spiro atoms. The summed E-state index contributed by atoms with van der Waals surface area (Å²) in [6.07, 6.45) is 0. The molecule has 22 heavy (non-hydrogen) atoms. The molecule has 0 amide bonds. The second-order valence-corrected chi connectivity index (χ2v) is 4.55. The molecular weight excluding hydrogens is 282 g/mol. The third kappa shape index (κ3) is 3.49. The van der Waals surface area contributed by atoms with Crippen LogP contribution in [-0.2, 0) is 0 Å². The van der Waals surface area contributed by atoms with E-state index in [0.717, 1.165) is 5.69 Å². The highest BCUT2D eigenvalue weighted by molar-refractivity contribution is 5.99. The molecule has 0 atom stereocenters. The van der Waals surface area contributed by atoms with Gasteiger partial charge in [-0.1, -0.05) is 12.1 Å². The molecule has 5 nitrogen and oxygen atoms in total. The van der Waals surface area contributed by atoms with Crippen LogP contribution in [0, 0.1) is 0 Å². The smallest absolute Gasteiger partial charge is 0.181 e. The van der Waals surface area contributed by atoms with Gasteiger partial charge in [0.25, 0.3) is 0 Å². The van der Waals surface area contributed by atoms with Crippen molar-refractivity contribution >= 4 is 11.5 Å². The average Bonchev–Trinajstić information content (AvgIpc) is 2.59. The van der Waals surface area contributed by atoms with Crippen molar-refractivity contribution in [2.75, 3.05) is 33.2 Å². The summed E-state index contributed by atoms with van der Waals surface area (Å²) < 4.78 is 15.6. The van der Waals surface area contributed by atoms with E-state index in [4.69, 9.17) is 14.2 Å². The molecule has 0 fully saturated rings. The first-order valence-electron chi connectivity index (χ1n) is 6.81. The number of carbonyl (C=O) groups excluding carboxylic acids is 1. The van der Waals surface area contributed by atoms with Gasteiger partial charge >= 0.3 is 0 Å². The molecule has 2 aromatic rings. The molecule has 0 aromatic heterocycles. The molecule has 0 unspecified atom stereocenters. The number of ether oxygens (including phenoxy) is 3. The Morgan fingerprint density at radius 2 is 1.59 bits per heavy atom. The quantitative estimate of drug-likeness (QED) is 0.797. The Kier molecular flexibility index (Phi) is 5.25. The Morgan fingerprint density at radius 3 is 2.27 bits per heavy atom.